The van der Waals surface area contributed by atoms with Crippen LogP contribution in [0.2, 0.25) is 10.0 Å². The van der Waals surface area contributed by atoms with Crippen molar-refractivity contribution in [3.63, 3.8) is 0 Å². The Morgan fingerprint density at radius 3 is 2.24 bits per heavy atom. The van der Waals surface area contributed by atoms with Gasteiger partial charge in [-0.3, -0.25) is 14.5 Å². The Labute approximate surface area is 251 Å². The molecule has 1 atom stereocenters. The summed E-state index contributed by atoms with van der Waals surface area (Å²) in [5.74, 6) is -0.0791. The molecule has 0 saturated heterocycles. The number of carbonyl (C=O) groups is 2. The van der Waals surface area contributed by atoms with Crippen molar-refractivity contribution < 1.29 is 14.3 Å². The number of hydrogen-bond donors (Lipinski definition) is 0. The number of anilines is 1. The van der Waals surface area contributed by atoms with Crippen molar-refractivity contribution in [1.82, 2.24) is 14.5 Å². The van der Waals surface area contributed by atoms with Crippen LogP contribution < -0.4 is 4.90 Å². The summed E-state index contributed by atoms with van der Waals surface area (Å²) in [6, 6.07) is 10.7. The molecule has 5 rings (SSSR count). The zero-order valence-corrected chi connectivity index (χ0v) is 25.8. The van der Waals surface area contributed by atoms with Gasteiger partial charge in [0.2, 0.25) is 5.91 Å². The van der Waals surface area contributed by atoms with Crippen molar-refractivity contribution in [3.05, 3.63) is 105 Å². The monoisotopic (exact) mass is 592 g/mol. The molecular weight excluding hydrogens is 559 g/mol. The molecule has 1 aromatic heterocycles. The maximum absolute atomic E-state index is 14.4. The largest absolute Gasteiger partial charge is 0.362 e. The molecule has 0 saturated carbocycles. The third kappa shape index (κ3) is 4.80. The van der Waals surface area contributed by atoms with E-state index in [4.69, 9.17) is 32.9 Å². The molecule has 2 aromatic carbocycles. The number of halogens is 2. The molecule has 41 heavy (non-hydrogen) atoms. The molecule has 0 bridgehead atoms. The maximum Gasteiger partial charge on any atom is 0.279 e. The molecule has 1 aliphatic carbocycles. The van der Waals surface area contributed by atoms with Crippen molar-refractivity contribution in [1.29, 1.82) is 0 Å². The number of fused-ring (bicyclic) bond motifs is 1. The Morgan fingerprint density at radius 2 is 1.66 bits per heavy atom. The predicted molar refractivity (Wildman–Crippen MR) is 163 cm³/mol. The van der Waals surface area contributed by atoms with Gasteiger partial charge in [-0.25, -0.2) is 4.98 Å². The average Bonchev–Trinajstić information content (AvgIpc) is 3.45. The van der Waals surface area contributed by atoms with Gasteiger partial charge >= 0.3 is 0 Å². The van der Waals surface area contributed by atoms with Gasteiger partial charge < -0.3 is 14.2 Å². The zero-order valence-electron chi connectivity index (χ0n) is 24.3. The first-order chi connectivity index (χ1) is 19.4. The second kappa shape index (κ2) is 10.8. The molecule has 2 aliphatic rings. The topological polar surface area (TPSA) is 67.7 Å². The number of hydrogen-bond acceptors (Lipinski definition) is 4. The number of aryl methyl sites for hydroxylation is 2. The van der Waals surface area contributed by atoms with E-state index in [-0.39, 0.29) is 17.9 Å². The van der Waals surface area contributed by atoms with E-state index >= 15 is 0 Å². The van der Waals surface area contributed by atoms with E-state index < -0.39 is 17.6 Å². The van der Waals surface area contributed by atoms with Crippen LogP contribution in [0.5, 0.6) is 0 Å². The number of rotatable bonds is 6. The molecule has 214 valence electrons. The number of ether oxygens (including phenoxy) is 1. The van der Waals surface area contributed by atoms with Crippen LogP contribution >= 0.6 is 23.2 Å². The molecule has 2 heterocycles. The average molecular weight is 594 g/mol. The van der Waals surface area contributed by atoms with Gasteiger partial charge in [0.25, 0.3) is 5.91 Å². The molecule has 9 heteroatoms. The first kappa shape index (κ1) is 29.1. The minimum absolute atomic E-state index is 0.0297. The molecule has 0 N–H and O–H groups in total. The second-order valence-electron chi connectivity index (χ2n) is 11.1. The van der Waals surface area contributed by atoms with E-state index in [9.17, 15) is 9.59 Å². The molecule has 7 nitrogen and oxygen atoms in total. The van der Waals surface area contributed by atoms with Gasteiger partial charge in [-0.05, 0) is 80.8 Å². The zero-order chi connectivity index (χ0) is 29.8. The molecule has 1 aliphatic heterocycles. The molecule has 1 unspecified atom stereocenters. The molecular formula is C32H34Cl2N4O3. The Balaban J connectivity index is 1.75. The lowest BCUT2D eigenvalue weighted by Gasteiger charge is -2.34. The van der Waals surface area contributed by atoms with E-state index in [2.05, 4.69) is 18.4 Å². The number of carbonyl (C=O) groups excluding carboxylic acids is 2. The fourth-order valence-electron chi connectivity index (χ4n) is 5.79. The number of nitrogens with zero attached hydrogens (tertiary/aromatic N) is 4. The minimum Gasteiger partial charge on any atom is -0.362 e. The lowest BCUT2D eigenvalue weighted by molar-refractivity contribution is -0.130. The fraction of sp³-hybridized carbons (Fsp3) is 0.344. The maximum atomic E-state index is 14.4. The summed E-state index contributed by atoms with van der Waals surface area (Å²) in [5, 5.41) is 1.16. The highest BCUT2D eigenvalue weighted by Crippen LogP contribution is 2.47. The van der Waals surface area contributed by atoms with Crippen LogP contribution in [0.4, 0.5) is 5.69 Å². The quantitative estimate of drug-likeness (QED) is 0.295. The summed E-state index contributed by atoms with van der Waals surface area (Å²) < 4.78 is 8.20. The van der Waals surface area contributed by atoms with Crippen LogP contribution in [-0.4, -0.2) is 47.5 Å². The normalized spacial score (nSPS) is 21.6. The summed E-state index contributed by atoms with van der Waals surface area (Å²) >= 11 is 12.8. The molecule has 0 spiro atoms. The van der Waals surface area contributed by atoms with Crippen molar-refractivity contribution in [2.45, 2.75) is 45.4 Å². The van der Waals surface area contributed by atoms with Crippen LogP contribution in [0.3, 0.4) is 0 Å². The fourth-order valence-corrected chi connectivity index (χ4v) is 6.18. The first-order valence-electron chi connectivity index (χ1n) is 13.5. The van der Waals surface area contributed by atoms with Gasteiger partial charge in [0.15, 0.2) is 17.1 Å². The highest BCUT2D eigenvalue weighted by atomic mass is 35.5. The van der Waals surface area contributed by atoms with E-state index in [0.717, 1.165) is 28.1 Å². The summed E-state index contributed by atoms with van der Waals surface area (Å²) in [5.41, 5.74) is 3.60. The smallest absolute Gasteiger partial charge is 0.279 e. The van der Waals surface area contributed by atoms with Crippen molar-refractivity contribution in [3.8, 4) is 0 Å². The Bertz CT molecular complexity index is 1590. The minimum atomic E-state index is -1.06. The summed E-state index contributed by atoms with van der Waals surface area (Å²) in [6.07, 6.45) is 7.39. The summed E-state index contributed by atoms with van der Waals surface area (Å²) in [7, 11) is 5.07. The number of benzene rings is 2. The van der Waals surface area contributed by atoms with Crippen LogP contribution in [0, 0.1) is 19.8 Å². The number of amides is 2. The second-order valence-corrected chi connectivity index (χ2v) is 12.0. The van der Waals surface area contributed by atoms with E-state index in [1.54, 1.807) is 31.0 Å². The van der Waals surface area contributed by atoms with Crippen LogP contribution in [0.25, 0.3) is 0 Å². The van der Waals surface area contributed by atoms with Crippen molar-refractivity contribution >= 4 is 40.7 Å². The van der Waals surface area contributed by atoms with Gasteiger partial charge in [-0.1, -0.05) is 47.5 Å². The number of imidazole rings is 1. The summed E-state index contributed by atoms with van der Waals surface area (Å²) in [6.45, 7) is 8.08. The Kier molecular flexibility index (Phi) is 7.66. The lowest BCUT2D eigenvalue weighted by atomic mass is 9.90. The van der Waals surface area contributed by atoms with Gasteiger partial charge in [0, 0.05) is 43.0 Å². The van der Waals surface area contributed by atoms with Crippen LogP contribution in [0.15, 0.2) is 60.7 Å². The van der Waals surface area contributed by atoms with Crippen LogP contribution in [0.1, 0.15) is 64.6 Å². The standard InChI is InChI=1S/C32H34Cl2N4O3/c1-18(2)37-28-26(35-31(37)32(41-7)14-12-21(13-15-32)29(39)36(5)6)30(40)38(25-17-23(34)9-8-19(25)3)27(28)24-11-10-22(33)16-20(24)4/h8-18,21,27H,1-7H3. The third-order valence-corrected chi connectivity index (χ3v) is 8.35. The Hall–Kier alpha value is -3.39. The van der Waals surface area contributed by atoms with Gasteiger partial charge in [-0.15, -0.1) is 0 Å². The molecule has 0 fully saturated rings. The van der Waals surface area contributed by atoms with E-state index in [0.29, 0.717) is 21.6 Å². The van der Waals surface area contributed by atoms with Crippen molar-refractivity contribution in [2.75, 3.05) is 26.1 Å². The van der Waals surface area contributed by atoms with E-state index in [1.165, 1.54) is 0 Å². The summed E-state index contributed by atoms with van der Waals surface area (Å²) in [4.78, 5) is 35.3. The first-order valence-corrected chi connectivity index (χ1v) is 14.3. The van der Waals surface area contributed by atoms with Crippen molar-refractivity contribution in [2.24, 2.45) is 5.92 Å². The highest BCUT2D eigenvalue weighted by Gasteiger charge is 2.48. The number of methoxy groups -OCH3 is 1. The predicted octanol–water partition coefficient (Wildman–Crippen LogP) is 6.81. The SMILES string of the molecule is COC1(c2nc3c(n2C(C)C)C(c2ccc(Cl)cc2C)N(c2cc(Cl)ccc2C)C3=O)C=CC(C(=O)N(C)C)C=C1. The third-order valence-electron chi connectivity index (χ3n) is 7.88. The van der Waals surface area contributed by atoms with E-state index in [1.807, 2.05) is 74.5 Å². The highest BCUT2D eigenvalue weighted by molar-refractivity contribution is 6.31. The van der Waals surface area contributed by atoms with Crippen LogP contribution in [-0.2, 0) is 15.1 Å². The van der Waals surface area contributed by atoms with Gasteiger partial charge in [-0.2, -0.15) is 0 Å². The Morgan fingerprint density at radius 1 is 1.02 bits per heavy atom. The molecule has 0 radical (unpaired) electrons. The van der Waals surface area contributed by atoms with Gasteiger partial charge in [0.1, 0.15) is 6.04 Å². The molecule has 3 aromatic rings. The molecule has 2 amide bonds. The number of aromatic nitrogens is 2. The lowest BCUT2D eigenvalue weighted by Crippen LogP contribution is -2.36. The van der Waals surface area contributed by atoms with Gasteiger partial charge in [0.05, 0.1) is 11.6 Å².